The number of sulfone groups is 1. The molecule has 0 spiro atoms. The number of amides is 1. The highest BCUT2D eigenvalue weighted by atomic mass is 32.2. The van der Waals surface area contributed by atoms with Crippen molar-refractivity contribution in [3.8, 4) is 16.9 Å². The van der Waals surface area contributed by atoms with Crippen molar-refractivity contribution in [1.29, 1.82) is 0 Å². The smallest absolute Gasteiger partial charge is 0.341 e. The van der Waals surface area contributed by atoms with Crippen molar-refractivity contribution in [2.75, 3.05) is 24.8 Å². The first-order valence-corrected chi connectivity index (χ1v) is 12.5. The van der Waals surface area contributed by atoms with Crippen LogP contribution in [0.1, 0.15) is 22.2 Å². The molecule has 0 saturated carbocycles. The topological polar surface area (TPSA) is 98.8 Å². The van der Waals surface area contributed by atoms with E-state index < -0.39 is 21.7 Å². The minimum Gasteiger partial charge on any atom is -0.484 e. The van der Waals surface area contributed by atoms with Crippen LogP contribution in [0.15, 0.2) is 59.5 Å². The van der Waals surface area contributed by atoms with E-state index in [0.717, 1.165) is 16.7 Å². The predicted octanol–water partition coefficient (Wildman–Crippen LogP) is 4.32. The number of rotatable bonds is 8. The van der Waals surface area contributed by atoms with Gasteiger partial charge in [0, 0.05) is 16.7 Å². The van der Waals surface area contributed by atoms with Gasteiger partial charge in [-0.1, -0.05) is 36.4 Å². The Morgan fingerprint density at radius 3 is 2.44 bits per heavy atom. The number of benzene rings is 2. The number of carbonyl (C=O) groups excluding carboxylic acids is 2. The molecule has 3 rings (SSSR count). The number of hydrogen-bond acceptors (Lipinski definition) is 7. The highest BCUT2D eigenvalue weighted by molar-refractivity contribution is 7.90. The monoisotopic (exact) mass is 473 g/mol. The van der Waals surface area contributed by atoms with Crippen molar-refractivity contribution in [2.45, 2.75) is 18.7 Å². The molecule has 0 radical (unpaired) electrons. The van der Waals surface area contributed by atoms with E-state index in [2.05, 4.69) is 5.32 Å². The van der Waals surface area contributed by atoms with Crippen molar-refractivity contribution in [2.24, 2.45) is 0 Å². The van der Waals surface area contributed by atoms with E-state index in [1.807, 2.05) is 37.3 Å². The van der Waals surface area contributed by atoms with Crippen molar-refractivity contribution in [1.82, 2.24) is 0 Å². The van der Waals surface area contributed by atoms with E-state index in [1.54, 1.807) is 13.0 Å². The van der Waals surface area contributed by atoms with Gasteiger partial charge >= 0.3 is 5.97 Å². The van der Waals surface area contributed by atoms with Gasteiger partial charge in [0.05, 0.1) is 11.5 Å². The summed E-state index contributed by atoms with van der Waals surface area (Å²) in [4.78, 5) is 26.2. The zero-order valence-corrected chi connectivity index (χ0v) is 19.5. The van der Waals surface area contributed by atoms with E-state index in [-0.39, 0.29) is 23.9 Å². The first-order valence-electron chi connectivity index (χ1n) is 9.79. The molecule has 0 aliphatic carbocycles. The minimum absolute atomic E-state index is 0.0985. The van der Waals surface area contributed by atoms with Gasteiger partial charge in [0.2, 0.25) is 0 Å². The Hall–Kier alpha value is -3.17. The summed E-state index contributed by atoms with van der Waals surface area (Å²) in [5.41, 5.74) is 1.86. The molecule has 0 aliphatic heterocycles. The number of hydrogen-bond donors (Lipinski definition) is 1. The SMILES string of the molecule is CCOC(=O)c1c(NC(=O)COc2cccc(S(C)(=O)=O)c2)sc(C)c1-c1ccccc1. The molecule has 32 heavy (non-hydrogen) atoms. The van der Waals surface area contributed by atoms with Crippen LogP contribution in [-0.4, -0.2) is 39.8 Å². The Bertz CT molecular complexity index is 1230. The van der Waals surface area contributed by atoms with E-state index in [0.29, 0.717) is 16.1 Å². The van der Waals surface area contributed by atoms with Gasteiger partial charge < -0.3 is 14.8 Å². The number of anilines is 1. The van der Waals surface area contributed by atoms with Crippen molar-refractivity contribution in [3.63, 3.8) is 0 Å². The quantitative estimate of drug-likeness (QED) is 0.489. The zero-order valence-electron chi connectivity index (χ0n) is 17.9. The lowest BCUT2D eigenvalue weighted by molar-refractivity contribution is -0.118. The molecule has 0 bridgehead atoms. The van der Waals surface area contributed by atoms with Gasteiger partial charge in [-0.3, -0.25) is 4.79 Å². The molecule has 2 aromatic carbocycles. The van der Waals surface area contributed by atoms with Crippen molar-refractivity contribution >= 4 is 38.1 Å². The molecule has 1 heterocycles. The molecule has 7 nitrogen and oxygen atoms in total. The normalized spacial score (nSPS) is 11.1. The molecule has 168 valence electrons. The van der Waals surface area contributed by atoms with Crippen LogP contribution in [0.5, 0.6) is 5.75 Å². The molecular formula is C23H23NO6S2. The van der Waals surface area contributed by atoms with Crippen LogP contribution in [0.25, 0.3) is 11.1 Å². The molecule has 1 amide bonds. The fourth-order valence-electron chi connectivity index (χ4n) is 3.09. The summed E-state index contributed by atoms with van der Waals surface area (Å²) in [5.74, 6) is -0.755. The second-order valence-corrected chi connectivity index (χ2v) is 10.1. The number of ether oxygens (including phenoxy) is 2. The lowest BCUT2D eigenvalue weighted by Crippen LogP contribution is -2.21. The van der Waals surface area contributed by atoms with Gasteiger partial charge in [-0.25, -0.2) is 13.2 Å². The first-order chi connectivity index (χ1) is 15.2. The highest BCUT2D eigenvalue weighted by Crippen LogP contribution is 2.40. The molecule has 0 unspecified atom stereocenters. The van der Waals surface area contributed by atoms with E-state index >= 15 is 0 Å². The lowest BCUT2D eigenvalue weighted by atomic mass is 10.0. The molecule has 0 saturated heterocycles. The second kappa shape index (κ2) is 9.97. The Labute approximate surface area is 190 Å². The van der Waals surface area contributed by atoms with Crippen LogP contribution in [0.2, 0.25) is 0 Å². The van der Waals surface area contributed by atoms with Crippen LogP contribution in [0.3, 0.4) is 0 Å². The average Bonchev–Trinajstić information content (AvgIpc) is 3.08. The van der Waals surface area contributed by atoms with E-state index in [4.69, 9.17) is 9.47 Å². The van der Waals surface area contributed by atoms with E-state index in [1.165, 1.54) is 29.5 Å². The number of thiophene rings is 1. The fraction of sp³-hybridized carbons (Fsp3) is 0.217. The molecule has 1 aromatic heterocycles. The third kappa shape index (κ3) is 5.54. The maximum atomic E-state index is 12.7. The van der Waals surface area contributed by atoms with Gasteiger partial charge in [-0.15, -0.1) is 11.3 Å². The van der Waals surface area contributed by atoms with Crippen LogP contribution >= 0.6 is 11.3 Å². The van der Waals surface area contributed by atoms with Gasteiger partial charge in [0.25, 0.3) is 5.91 Å². The average molecular weight is 474 g/mol. The number of nitrogens with one attached hydrogen (secondary N) is 1. The number of aryl methyl sites for hydroxylation is 1. The Morgan fingerprint density at radius 1 is 1.06 bits per heavy atom. The summed E-state index contributed by atoms with van der Waals surface area (Å²) in [7, 11) is -3.39. The summed E-state index contributed by atoms with van der Waals surface area (Å²) in [5, 5.41) is 3.10. The molecular weight excluding hydrogens is 450 g/mol. The predicted molar refractivity (Wildman–Crippen MR) is 124 cm³/mol. The molecule has 9 heteroatoms. The van der Waals surface area contributed by atoms with Crippen molar-refractivity contribution in [3.05, 3.63) is 65.0 Å². The summed E-state index contributed by atoms with van der Waals surface area (Å²) in [6.07, 6.45) is 1.10. The summed E-state index contributed by atoms with van der Waals surface area (Å²) >= 11 is 1.28. The molecule has 3 aromatic rings. The molecule has 1 N–H and O–H groups in total. The van der Waals surface area contributed by atoms with E-state index in [9.17, 15) is 18.0 Å². The first kappa shape index (κ1) is 23.5. The number of esters is 1. The maximum absolute atomic E-state index is 12.7. The van der Waals surface area contributed by atoms with Gasteiger partial charge in [0.1, 0.15) is 16.3 Å². The number of carbonyl (C=O) groups is 2. The molecule has 0 fully saturated rings. The Kier molecular flexibility index (Phi) is 7.32. The third-order valence-electron chi connectivity index (χ3n) is 4.48. The van der Waals surface area contributed by atoms with Crippen LogP contribution in [0, 0.1) is 6.92 Å². The summed E-state index contributed by atoms with van der Waals surface area (Å²) < 4.78 is 34.1. The standard InChI is InChI=1S/C23H23NO6S2/c1-4-29-23(26)21-20(16-9-6-5-7-10-16)15(2)31-22(21)24-19(25)14-30-17-11-8-12-18(13-17)32(3,27)28/h5-13H,4,14H2,1-3H3,(H,24,25). The van der Waals surface area contributed by atoms with Gasteiger partial charge in [-0.05, 0) is 37.6 Å². The molecule has 0 atom stereocenters. The third-order valence-corrected chi connectivity index (χ3v) is 6.61. The maximum Gasteiger partial charge on any atom is 0.341 e. The van der Waals surface area contributed by atoms with Crippen LogP contribution in [0.4, 0.5) is 5.00 Å². The lowest BCUT2D eigenvalue weighted by Gasteiger charge is -2.10. The van der Waals surface area contributed by atoms with Crippen LogP contribution < -0.4 is 10.1 Å². The van der Waals surface area contributed by atoms with Gasteiger partial charge in [0.15, 0.2) is 16.4 Å². The van der Waals surface area contributed by atoms with Crippen LogP contribution in [-0.2, 0) is 19.4 Å². The molecule has 0 aliphatic rings. The zero-order chi connectivity index (χ0) is 23.3. The minimum atomic E-state index is -3.39. The van der Waals surface area contributed by atoms with Gasteiger partial charge in [-0.2, -0.15) is 0 Å². The summed E-state index contributed by atoms with van der Waals surface area (Å²) in [6, 6.07) is 15.3. The second-order valence-electron chi connectivity index (χ2n) is 6.91. The summed E-state index contributed by atoms with van der Waals surface area (Å²) in [6.45, 7) is 3.44. The van der Waals surface area contributed by atoms with Crippen molar-refractivity contribution < 1.29 is 27.5 Å². The fourth-order valence-corrected chi connectivity index (χ4v) is 4.83. The highest BCUT2D eigenvalue weighted by Gasteiger charge is 2.25. The largest absolute Gasteiger partial charge is 0.484 e. The Balaban J connectivity index is 1.82. The Morgan fingerprint density at radius 2 is 1.78 bits per heavy atom.